The molecule has 0 saturated heterocycles. The third-order valence-electron chi connectivity index (χ3n) is 7.03. The zero-order chi connectivity index (χ0) is 29.4. The molecule has 0 N–H and O–H groups in total. The molecule has 3 heterocycles. The molecule has 10 heteroatoms. The monoisotopic (exact) mass is 596 g/mol. The summed E-state index contributed by atoms with van der Waals surface area (Å²) in [6.07, 6.45) is 3.71. The van der Waals surface area contributed by atoms with E-state index >= 15 is 0 Å². The van der Waals surface area contributed by atoms with E-state index in [-0.39, 0.29) is 5.56 Å². The van der Waals surface area contributed by atoms with E-state index < -0.39 is 12.0 Å². The van der Waals surface area contributed by atoms with E-state index in [4.69, 9.17) is 26.2 Å². The van der Waals surface area contributed by atoms with Gasteiger partial charge >= 0.3 is 5.97 Å². The van der Waals surface area contributed by atoms with Gasteiger partial charge in [0.05, 0.1) is 41.8 Å². The summed E-state index contributed by atoms with van der Waals surface area (Å²) in [4.78, 5) is 32.2. The molecule has 0 saturated carbocycles. The number of allylic oxidation sites excluding steroid dienone is 1. The van der Waals surface area contributed by atoms with Gasteiger partial charge in [0.1, 0.15) is 11.4 Å². The molecule has 0 fully saturated rings. The lowest BCUT2D eigenvalue weighted by molar-refractivity contribution is -0.136. The number of fused-ring (bicyclic) bond motifs is 1. The first-order valence-electron chi connectivity index (χ1n) is 13.0. The Kier molecular flexibility index (Phi) is 7.36. The minimum atomic E-state index is -0.718. The number of esters is 1. The lowest BCUT2D eigenvalue weighted by Crippen LogP contribution is -2.39. The van der Waals surface area contributed by atoms with Crippen LogP contribution in [0.25, 0.3) is 23.0 Å². The van der Waals surface area contributed by atoms with Crippen LogP contribution in [0.15, 0.2) is 106 Å². The van der Waals surface area contributed by atoms with E-state index in [9.17, 15) is 9.59 Å². The van der Waals surface area contributed by atoms with Crippen LogP contribution in [0.1, 0.15) is 24.1 Å². The number of thiazole rings is 1. The maximum absolute atomic E-state index is 14.1. The lowest BCUT2D eigenvalue weighted by Gasteiger charge is -2.24. The molecule has 0 radical (unpaired) electrons. The van der Waals surface area contributed by atoms with E-state index in [0.29, 0.717) is 37.1 Å². The Morgan fingerprint density at radius 2 is 1.71 bits per heavy atom. The van der Waals surface area contributed by atoms with Crippen molar-refractivity contribution in [1.82, 2.24) is 14.3 Å². The highest BCUT2D eigenvalue weighted by Crippen LogP contribution is 2.32. The summed E-state index contributed by atoms with van der Waals surface area (Å²) < 4.78 is 14.2. The first kappa shape index (κ1) is 27.4. The Morgan fingerprint density at radius 1 is 1.00 bits per heavy atom. The molecule has 210 valence electrons. The van der Waals surface area contributed by atoms with Crippen molar-refractivity contribution in [1.29, 1.82) is 0 Å². The standard InChI is InChI=1S/C32H25ClN4O4S/c1-19-27(31(39)41-3)29(21-11-15-25(40-2)16-12-21)37-30(38)26(42-32(37)34-19)17-22-18-36(24-7-5-4-6-8-24)35-28(22)20-9-13-23(33)14-10-20/h4-18,29H,1-3H3/b26-17+/t29-/m1/s1. The summed E-state index contributed by atoms with van der Waals surface area (Å²) in [5.74, 6) is 0.122. The third kappa shape index (κ3) is 4.97. The van der Waals surface area contributed by atoms with Crippen LogP contribution < -0.4 is 19.6 Å². The van der Waals surface area contributed by atoms with Crippen molar-refractivity contribution in [3.63, 3.8) is 0 Å². The fraction of sp³-hybridized carbons (Fsp3) is 0.125. The summed E-state index contributed by atoms with van der Waals surface area (Å²) in [5, 5.41) is 5.48. The van der Waals surface area contributed by atoms with Gasteiger partial charge in [-0.1, -0.05) is 65.4 Å². The predicted octanol–water partition coefficient (Wildman–Crippen LogP) is 4.92. The van der Waals surface area contributed by atoms with Gasteiger partial charge in [-0.3, -0.25) is 9.36 Å². The fourth-order valence-corrected chi connectivity index (χ4v) is 6.14. The molecule has 0 bridgehead atoms. The summed E-state index contributed by atoms with van der Waals surface area (Å²) in [6, 6.07) is 23.7. The molecule has 8 nitrogen and oxygen atoms in total. The first-order valence-corrected chi connectivity index (χ1v) is 14.2. The van der Waals surface area contributed by atoms with Crippen LogP contribution in [0.2, 0.25) is 5.02 Å². The van der Waals surface area contributed by atoms with Crippen molar-refractivity contribution in [2.24, 2.45) is 4.99 Å². The quantitative estimate of drug-likeness (QED) is 0.260. The normalized spacial score (nSPS) is 14.9. The van der Waals surface area contributed by atoms with Gasteiger partial charge < -0.3 is 9.47 Å². The van der Waals surface area contributed by atoms with Gasteiger partial charge in [0.2, 0.25) is 0 Å². The zero-order valence-corrected chi connectivity index (χ0v) is 24.5. The van der Waals surface area contributed by atoms with E-state index in [1.54, 1.807) is 35.4 Å². The minimum absolute atomic E-state index is 0.275. The topological polar surface area (TPSA) is 87.7 Å². The number of para-hydroxylation sites is 1. The summed E-state index contributed by atoms with van der Waals surface area (Å²) >= 11 is 7.41. The molecular weight excluding hydrogens is 572 g/mol. The second-order valence-electron chi connectivity index (χ2n) is 9.57. The summed E-state index contributed by atoms with van der Waals surface area (Å²) in [6.45, 7) is 1.75. The highest BCUT2D eigenvalue weighted by molar-refractivity contribution is 7.07. The second-order valence-corrected chi connectivity index (χ2v) is 11.0. The highest BCUT2D eigenvalue weighted by atomic mass is 35.5. The molecule has 1 aliphatic heterocycles. The van der Waals surface area contributed by atoms with Crippen molar-refractivity contribution in [3.05, 3.63) is 132 Å². The SMILES string of the molecule is COC(=O)C1=C(C)N=c2s/c(=C/c3cn(-c4ccccc4)nc3-c3ccc(Cl)cc3)c(=O)n2[C@@H]1c1ccc(OC)cc1. The number of benzene rings is 3. The Morgan fingerprint density at radius 3 is 2.38 bits per heavy atom. The lowest BCUT2D eigenvalue weighted by atomic mass is 9.96. The van der Waals surface area contributed by atoms with Gasteiger partial charge in [0, 0.05) is 22.3 Å². The summed E-state index contributed by atoms with van der Waals surface area (Å²) in [7, 11) is 2.90. The van der Waals surface area contributed by atoms with Crippen molar-refractivity contribution >= 4 is 35.0 Å². The molecular formula is C32H25ClN4O4S. The second kappa shape index (κ2) is 11.3. The van der Waals surface area contributed by atoms with Crippen LogP contribution in [-0.4, -0.2) is 34.5 Å². The number of rotatable bonds is 6. The van der Waals surface area contributed by atoms with Crippen LogP contribution >= 0.6 is 22.9 Å². The maximum Gasteiger partial charge on any atom is 0.338 e. The van der Waals surface area contributed by atoms with Gasteiger partial charge in [-0.25, -0.2) is 14.5 Å². The number of carbonyl (C=O) groups is 1. The molecule has 0 aliphatic carbocycles. The van der Waals surface area contributed by atoms with Crippen molar-refractivity contribution in [2.75, 3.05) is 14.2 Å². The predicted molar refractivity (Wildman–Crippen MR) is 163 cm³/mol. The molecule has 0 spiro atoms. The van der Waals surface area contributed by atoms with Crippen LogP contribution in [0.5, 0.6) is 5.75 Å². The number of ether oxygens (including phenoxy) is 2. The number of hydrogen-bond acceptors (Lipinski definition) is 7. The first-order chi connectivity index (χ1) is 20.4. The van der Waals surface area contributed by atoms with Gasteiger partial charge in [0.15, 0.2) is 4.80 Å². The van der Waals surface area contributed by atoms with Crippen molar-refractivity contribution < 1.29 is 14.3 Å². The van der Waals surface area contributed by atoms with E-state index in [1.807, 2.05) is 79.0 Å². The highest BCUT2D eigenvalue weighted by Gasteiger charge is 2.33. The van der Waals surface area contributed by atoms with Crippen LogP contribution in [-0.2, 0) is 9.53 Å². The van der Waals surface area contributed by atoms with E-state index in [2.05, 4.69) is 4.99 Å². The molecule has 3 aromatic carbocycles. The van der Waals surface area contributed by atoms with E-state index in [0.717, 1.165) is 22.4 Å². The molecule has 42 heavy (non-hydrogen) atoms. The number of methoxy groups -OCH3 is 2. The Bertz CT molecular complexity index is 2010. The van der Waals surface area contributed by atoms with Gasteiger partial charge in [0.25, 0.3) is 5.56 Å². The van der Waals surface area contributed by atoms with Crippen LogP contribution in [0.4, 0.5) is 0 Å². The molecule has 0 amide bonds. The molecule has 0 unspecified atom stereocenters. The fourth-order valence-electron chi connectivity index (χ4n) is 4.97. The molecule has 1 aliphatic rings. The number of aromatic nitrogens is 3. The average Bonchev–Trinajstić information content (AvgIpc) is 3.57. The van der Waals surface area contributed by atoms with Crippen molar-refractivity contribution in [3.8, 4) is 22.7 Å². The smallest absolute Gasteiger partial charge is 0.338 e. The average molecular weight is 597 g/mol. The third-order valence-corrected chi connectivity index (χ3v) is 8.26. The Balaban J connectivity index is 1.56. The van der Waals surface area contributed by atoms with E-state index in [1.165, 1.54) is 18.4 Å². The molecule has 1 atom stereocenters. The molecule has 6 rings (SSSR count). The van der Waals surface area contributed by atoms with Gasteiger partial charge in [-0.2, -0.15) is 5.10 Å². The minimum Gasteiger partial charge on any atom is -0.497 e. The Hall–Kier alpha value is -4.73. The number of nitrogens with zero attached hydrogens (tertiary/aromatic N) is 4. The Labute approximate surface area is 250 Å². The number of hydrogen-bond donors (Lipinski definition) is 0. The largest absolute Gasteiger partial charge is 0.497 e. The zero-order valence-electron chi connectivity index (χ0n) is 22.9. The molecule has 2 aromatic heterocycles. The summed E-state index contributed by atoms with van der Waals surface area (Å²) in [5.41, 5.74) is 4.44. The molecule has 5 aromatic rings. The number of carbonyl (C=O) groups excluding carboxylic acids is 1. The van der Waals surface area contributed by atoms with Gasteiger partial charge in [-0.05, 0) is 55.0 Å². The number of halogens is 1. The van der Waals surface area contributed by atoms with Crippen LogP contribution in [0, 0.1) is 0 Å². The van der Waals surface area contributed by atoms with Crippen molar-refractivity contribution in [2.45, 2.75) is 13.0 Å². The maximum atomic E-state index is 14.1. The van der Waals surface area contributed by atoms with Gasteiger partial charge in [-0.15, -0.1) is 0 Å². The van der Waals surface area contributed by atoms with Crippen LogP contribution in [0.3, 0.4) is 0 Å².